The second-order valence-electron chi connectivity index (χ2n) is 4.43. The minimum absolute atomic E-state index is 0.159. The molecule has 2 rings (SSSR count). The topological polar surface area (TPSA) is 12.5 Å². The standard InChI is InChI=1S/C12H13Cl3O/c1-7(13)11(8(2)14)5-4-6-12(9(3)15)10(11)16-12/h10H,1-6H2. The van der Waals surface area contributed by atoms with Gasteiger partial charge in [0.25, 0.3) is 0 Å². The molecule has 0 bridgehead atoms. The van der Waals surface area contributed by atoms with Gasteiger partial charge in [0.1, 0.15) is 11.7 Å². The lowest BCUT2D eigenvalue weighted by molar-refractivity contribution is 0.286. The summed E-state index contributed by atoms with van der Waals surface area (Å²) in [4.78, 5) is 0. The van der Waals surface area contributed by atoms with Crippen molar-refractivity contribution in [1.29, 1.82) is 0 Å². The maximum atomic E-state index is 6.10. The van der Waals surface area contributed by atoms with Gasteiger partial charge in [-0.2, -0.15) is 0 Å². The Hall–Kier alpha value is 0.0500. The maximum absolute atomic E-state index is 6.10. The van der Waals surface area contributed by atoms with Gasteiger partial charge in [-0.05, 0) is 19.3 Å². The molecule has 2 atom stereocenters. The van der Waals surface area contributed by atoms with Crippen LogP contribution in [0.1, 0.15) is 19.3 Å². The molecule has 0 aromatic carbocycles. The molecule has 0 radical (unpaired) electrons. The fourth-order valence-corrected chi connectivity index (χ4v) is 3.57. The lowest BCUT2D eigenvalue weighted by atomic mass is 9.69. The molecule has 2 fully saturated rings. The molecule has 4 heteroatoms. The number of hydrogen-bond donors (Lipinski definition) is 0. The van der Waals surface area contributed by atoms with Crippen LogP contribution in [0.5, 0.6) is 0 Å². The minimum atomic E-state index is -0.570. The first-order valence-electron chi connectivity index (χ1n) is 5.10. The average Bonchev–Trinajstić information content (AvgIpc) is 2.91. The van der Waals surface area contributed by atoms with E-state index in [0.717, 1.165) is 19.3 Å². The molecule has 1 saturated carbocycles. The fourth-order valence-electron chi connectivity index (χ4n) is 2.67. The number of rotatable bonds is 3. The van der Waals surface area contributed by atoms with Crippen LogP contribution in [0.2, 0.25) is 0 Å². The highest BCUT2D eigenvalue weighted by Gasteiger charge is 2.70. The Morgan fingerprint density at radius 2 is 1.56 bits per heavy atom. The first-order valence-corrected chi connectivity index (χ1v) is 6.24. The summed E-state index contributed by atoms with van der Waals surface area (Å²) >= 11 is 18.2. The van der Waals surface area contributed by atoms with Gasteiger partial charge in [0.2, 0.25) is 0 Å². The Bertz CT molecular complexity index is 374. The van der Waals surface area contributed by atoms with E-state index in [-0.39, 0.29) is 6.10 Å². The van der Waals surface area contributed by atoms with E-state index in [2.05, 4.69) is 19.7 Å². The van der Waals surface area contributed by atoms with Crippen LogP contribution in [0.15, 0.2) is 34.8 Å². The summed E-state index contributed by atoms with van der Waals surface area (Å²) in [7, 11) is 0. The van der Waals surface area contributed by atoms with Crippen LogP contribution in [-0.2, 0) is 4.74 Å². The van der Waals surface area contributed by atoms with E-state index in [1.807, 2.05) is 0 Å². The molecule has 2 unspecified atom stereocenters. The van der Waals surface area contributed by atoms with Crippen LogP contribution >= 0.6 is 34.8 Å². The fraction of sp³-hybridized carbons (Fsp3) is 0.500. The van der Waals surface area contributed by atoms with Gasteiger partial charge in [-0.3, -0.25) is 0 Å². The lowest BCUT2D eigenvalue weighted by Crippen LogP contribution is -2.37. The number of fused-ring (bicyclic) bond motifs is 1. The summed E-state index contributed by atoms with van der Waals surface area (Å²) in [5.41, 5.74) is -1.05. The maximum Gasteiger partial charge on any atom is 0.131 e. The van der Waals surface area contributed by atoms with Gasteiger partial charge in [-0.25, -0.2) is 0 Å². The third-order valence-electron chi connectivity index (χ3n) is 3.69. The summed E-state index contributed by atoms with van der Waals surface area (Å²) in [6, 6.07) is 0. The molecule has 1 aliphatic heterocycles. The number of hydrogen-bond acceptors (Lipinski definition) is 1. The van der Waals surface area contributed by atoms with Gasteiger partial charge >= 0.3 is 0 Å². The lowest BCUT2D eigenvalue weighted by Gasteiger charge is -2.36. The Balaban J connectivity index is 2.40. The molecule has 0 amide bonds. The van der Waals surface area contributed by atoms with E-state index in [0.29, 0.717) is 15.1 Å². The molecule has 2 aliphatic rings. The van der Waals surface area contributed by atoms with E-state index in [1.54, 1.807) is 0 Å². The number of halogens is 3. The zero-order valence-corrected chi connectivity index (χ0v) is 11.1. The van der Waals surface area contributed by atoms with Gasteiger partial charge in [0, 0.05) is 15.1 Å². The van der Waals surface area contributed by atoms with E-state index in [9.17, 15) is 0 Å². The van der Waals surface area contributed by atoms with Crippen molar-refractivity contribution >= 4 is 34.8 Å². The molecule has 16 heavy (non-hydrogen) atoms. The smallest absolute Gasteiger partial charge is 0.131 e. The van der Waals surface area contributed by atoms with Crippen molar-refractivity contribution in [3.05, 3.63) is 34.8 Å². The number of ether oxygens (including phenoxy) is 1. The first-order chi connectivity index (χ1) is 7.38. The van der Waals surface area contributed by atoms with Gasteiger partial charge in [-0.15, -0.1) is 0 Å². The Morgan fingerprint density at radius 3 is 2.00 bits per heavy atom. The Morgan fingerprint density at radius 1 is 1.00 bits per heavy atom. The van der Waals surface area contributed by atoms with Crippen LogP contribution in [-0.4, -0.2) is 11.7 Å². The molecule has 0 spiro atoms. The van der Waals surface area contributed by atoms with Crippen LogP contribution in [0.4, 0.5) is 0 Å². The zero-order chi connectivity index (χ0) is 12.1. The van der Waals surface area contributed by atoms with Crippen LogP contribution in [0, 0.1) is 5.41 Å². The quantitative estimate of drug-likeness (QED) is 0.690. The molecule has 0 aromatic rings. The van der Waals surface area contributed by atoms with Crippen molar-refractivity contribution in [2.24, 2.45) is 5.41 Å². The highest BCUT2D eigenvalue weighted by molar-refractivity contribution is 6.35. The summed E-state index contributed by atoms with van der Waals surface area (Å²) in [5.74, 6) is 0. The molecule has 1 aliphatic carbocycles. The zero-order valence-electron chi connectivity index (χ0n) is 8.86. The molecule has 1 saturated heterocycles. The van der Waals surface area contributed by atoms with Gasteiger partial charge in [0.15, 0.2) is 0 Å². The van der Waals surface area contributed by atoms with Crippen molar-refractivity contribution in [3.8, 4) is 0 Å². The van der Waals surface area contributed by atoms with E-state index in [4.69, 9.17) is 39.5 Å². The molecular weight excluding hydrogens is 266 g/mol. The largest absolute Gasteiger partial charge is 0.359 e. The summed E-state index contributed by atoms with van der Waals surface area (Å²) in [6.45, 7) is 11.4. The predicted molar refractivity (Wildman–Crippen MR) is 68.9 cm³/mol. The van der Waals surface area contributed by atoms with Crippen LogP contribution in [0.3, 0.4) is 0 Å². The molecular formula is C12H13Cl3O. The van der Waals surface area contributed by atoms with Gasteiger partial charge in [0.05, 0.1) is 5.41 Å². The van der Waals surface area contributed by atoms with Crippen LogP contribution < -0.4 is 0 Å². The van der Waals surface area contributed by atoms with E-state index < -0.39 is 11.0 Å². The van der Waals surface area contributed by atoms with Crippen molar-refractivity contribution in [2.75, 3.05) is 0 Å². The third-order valence-corrected chi connectivity index (χ3v) is 4.68. The monoisotopic (exact) mass is 278 g/mol. The normalized spacial score (nSPS) is 35.1. The highest BCUT2D eigenvalue weighted by Crippen LogP contribution is 2.65. The molecule has 0 aromatic heterocycles. The first kappa shape index (κ1) is 12.5. The van der Waals surface area contributed by atoms with E-state index in [1.165, 1.54) is 0 Å². The Labute approximate surface area is 111 Å². The summed E-state index contributed by atoms with van der Waals surface area (Å²) in [6.07, 6.45) is 2.41. The third kappa shape index (κ3) is 1.42. The van der Waals surface area contributed by atoms with Gasteiger partial charge < -0.3 is 4.74 Å². The average molecular weight is 280 g/mol. The molecule has 1 nitrogen and oxygen atoms in total. The predicted octanol–water partition coefficient (Wildman–Crippen LogP) is 4.55. The van der Waals surface area contributed by atoms with Gasteiger partial charge in [-0.1, -0.05) is 54.5 Å². The second kappa shape index (κ2) is 3.78. The SMILES string of the molecule is C=C(Cl)C12CCCC(C(=C)Cl)(C(=C)Cl)C1O2. The molecule has 0 N–H and O–H groups in total. The minimum Gasteiger partial charge on any atom is -0.359 e. The van der Waals surface area contributed by atoms with Crippen molar-refractivity contribution in [2.45, 2.75) is 31.0 Å². The molecule has 88 valence electrons. The van der Waals surface area contributed by atoms with E-state index >= 15 is 0 Å². The van der Waals surface area contributed by atoms with Crippen molar-refractivity contribution in [1.82, 2.24) is 0 Å². The molecule has 1 heterocycles. The Kier molecular flexibility index (Phi) is 2.95. The second-order valence-corrected chi connectivity index (χ2v) is 5.80. The highest BCUT2D eigenvalue weighted by atomic mass is 35.5. The van der Waals surface area contributed by atoms with Crippen LogP contribution in [0.25, 0.3) is 0 Å². The summed E-state index contributed by atoms with van der Waals surface area (Å²) < 4.78 is 5.74. The number of epoxide rings is 1. The van der Waals surface area contributed by atoms with Crippen molar-refractivity contribution < 1.29 is 4.74 Å². The van der Waals surface area contributed by atoms with Crippen molar-refractivity contribution in [3.63, 3.8) is 0 Å². The summed E-state index contributed by atoms with van der Waals surface area (Å²) in [5, 5.41) is 1.45.